The molecule has 1 rings (SSSR count). The quantitative estimate of drug-likeness (QED) is 0.437. The van der Waals surface area contributed by atoms with Crippen LogP contribution in [0.4, 0.5) is 11.4 Å². The number of non-ortho nitro benzene ring substituents is 1. The zero-order valence-electron chi connectivity index (χ0n) is 8.79. The molecule has 1 aromatic carbocycles. The van der Waals surface area contributed by atoms with Crippen LogP contribution in [0.15, 0.2) is 23.1 Å². The van der Waals surface area contributed by atoms with Gasteiger partial charge in [-0.25, -0.2) is 13.6 Å². The number of hydrogen-bond acceptors (Lipinski definition) is 8. The number of benzene rings is 1. The topological polar surface area (TPSA) is 181 Å². The molecule has 0 radical (unpaired) electrons. The highest BCUT2D eigenvalue weighted by Crippen LogP contribution is 2.30. The van der Waals surface area contributed by atoms with E-state index in [1.807, 2.05) is 0 Å². The molecule has 0 heterocycles. The maximum Gasteiger partial charge on any atom is 0.319 e. The van der Waals surface area contributed by atoms with Crippen molar-refractivity contribution in [2.75, 3.05) is 0 Å². The molecular weight excluding hydrogens is 306 g/mol. The summed E-state index contributed by atoms with van der Waals surface area (Å²) in [6.07, 6.45) is 0. The van der Waals surface area contributed by atoms with E-state index in [-0.39, 0.29) is 0 Å². The average molecular weight is 311 g/mol. The zero-order chi connectivity index (χ0) is 15.0. The zero-order valence-corrected chi connectivity index (χ0v) is 10.4. The lowest BCUT2D eigenvalue weighted by molar-refractivity contribution is -0.396. The fraction of sp³-hybridized carbons (Fsp3) is 0. The van der Waals surface area contributed by atoms with Crippen LogP contribution >= 0.6 is 0 Å². The molecule has 0 aromatic heterocycles. The Balaban J connectivity index is 3.73. The summed E-state index contributed by atoms with van der Waals surface area (Å²) in [5.41, 5.74) is -2.01. The molecule has 19 heavy (non-hydrogen) atoms. The lowest BCUT2D eigenvalue weighted by Gasteiger charge is -2.02. The van der Waals surface area contributed by atoms with E-state index in [4.69, 9.17) is 0 Å². The van der Waals surface area contributed by atoms with E-state index < -0.39 is 44.0 Å². The Morgan fingerprint density at radius 2 is 1.53 bits per heavy atom. The molecule has 11 nitrogen and oxygen atoms in total. The van der Waals surface area contributed by atoms with Crippen LogP contribution in [-0.2, 0) is 17.9 Å². The van der Waals surface area contributed by atoms with Gasteiger partial charge in [-0.15, -0.1) is 0 Å². The van der Waals surface area contributed by atoms with Gasteiger partial charge in [0.05, 0.1) is 15.9 Å². The van der Waals surface area contributed by atoms with Gasteiger partial charge in [0.25, 0.3) is 11.4 Å². The second kappa shape index (κ2) is 4.52. The molecule has 2 N–H and O–H groups in total. The second-order valence-corrected chi connectivity index (χ2v) is 8.16. The van der Waals surface area contributed by atoms with Crippen LogP contribution in [0, 0.1) is 20.2 Å². The van der Waals surface area contributed by atoms with Crippen LogP contribution in [0.25, 0.3) is 0 Å². The minimum atomic E-state index is -5.21. The standard InChI is InChI=1S/C6H5N3O8S2/c7-19(16,17)18(14,15)6-2-1-4(8(10)11)3-5(6)9(12)13/h1-3H,(H2,7,16,17). The van der Waals surface area contributed by atoms with Crippen LogP contribution in [0.1, 0.15) is 0 Å². The molecule has 0 aliphatic heterocycles. The molecule has 0 bridgehead atoms. The Bertz CT molecular complexity index is 766. The van der Waals surface area contributed by atoms with Gasteiger partial charge < -0.3 is 0 Å². The molecule has 0 aliphatic carbocycles. The summed E-state index contributed by atoms with van der Waals surface area (Å²) >= 11 is 0. The van der Waals surface area contributed by atoms with Gasteiger partial charge >= 0.3 is 17.9 Å². The Kier molecular flexibility index (Phi) is 3.56. The lowest BCUT2D eigenvalue weighted by Crippen LogP contribution is -2.24. The van der Waals surface area contributed by atoms with Gasteiger partial charge in [0.15, 0.2) is 4.90 Å². The van der Waals surface area contributed by atoms with Crippen molar-refractivity contribution in [1.29, 1.82) is 0 Å². The smallest absolute Gasteiger partial charge is 0.258 e. The molecular formula is C6H5N3O8S2. The SMILES string of the molecule is NS(=O)(=O)S(=O)(=O)c1ccc([N+](=O)[O-])cc1[N+](=O)[O-]. The minimum Gasteiger partial charge on any atom is -0.258 e. The van der Waals surface area contributed by atoms with Crippen LogP contribution in [0.5, 0.6) is 0 Å². The highest BCUT2D eigenvalue weighted by molar-refractivity contribution is 8.66. The van der Waals surface area contributed by atoms with Crippen molar-refractivity contribution in [3.05, 3.63) is 38.4 Å². The maximum atomic E-state index is 11.5. The van der Waals surface area contributed by atoms with Crippen molar-refractivity contribution >= 4 is 29.3 Å². The van der Waals surface area contributed by atoms with Crippen molar-refractivity contribution < 1.29 is 26.7 Å². The molecule has 104 valence electrons. The third kappa shape index (κ3) is 2.67. The Labute approximate surface area is 105 Å². The van der Waals surface area contributed by atoms with Gasteiger partial charge in [-0.2, -0.15) is 8.42 Å². The summed E-state index contributed by atoms with van der Waals surface area (Å²) in [7, 11) is -10.4. The third-order valence-corrected chi connectivity index (χ3v) is 5.79. The van der Waals surface area contributed by atoms with Gasteiger partial charge in [0.2, 0.25) is 0 Å². The molecule has 0 atom stereocenters. The molecule has 0 unspecified atom stereocenters. The fourth-order valence-electron chi connectivity index (χ4n) is 1.10. The number of nitro benzene ring substituents is 2. The van der Waals surface area contributed by atoms with Gasteiger partial charge in [0, 0.05) is 6.07 Å². The molecule has 1 aromatic rings. The summed E-state index contributed by atoms with van der Waals surface area (Å²) in [5, 5.41) is 25.5. The highest BCUT2D eigenvalue weighted by atomic mass is 33.2. The van der Waals surface area contributed by atoms with E-state index >= 15 is 0 Å². The number of rotatable bonds is 4. The third-order valence-electron chi connectivity index (χ3n) is 1.93. The number of nitro groups is 2. The molecule has 0 fully saturated rings. The molecule has 13 heteroatoms. The van der Waals surface area contributed by atoms with E-state index in [1.165, 1.54) is 0 Å². The number of nitrogens with two attached hydrogens (primary N) is 1. The number of hydrogen-bond donors (Lipinski definition) is 1. The van der Waals surface area contributed by atoms with Crippen LogP contribution in [0.3, 0.4) is 0 Å². The summed E-state index contributed by atoms with van der Waals surface area (Å²) in [6, 6.07) is 1.39. The first-order chi connectivity index (χ1) is 8.48. The van der Waals surface area contributed by atoms with Crippen molar-refractivity contribution in [2.24, 2.45) is 5.14 Å². The first-order valence-corrected chi connectivity index (χ1v) is 7.74. The minimum absolute atomic E-state index is 0.331. The molecule has 0 spiro atoms. The van der Waals surface area contributed by atoms with Gasteiger partial charge in [0.1, 0.15) is 0 Å². The summed E-state index contributed by atoms with van der Waals surface area (Å²) < 4.78 is 44.7. The van der Waals surface area contributed by atoms with Gasteiger partial charge in [-0.3, -0.25) is 20.2 Å². The predicted octanol–water partition coefficient (Wildman–Crippen LogP) is -0.520. The summed E-state index contributed by atoms with van der Waals surface area (Å²) in [4.78, 5) is 17.6. The normalized spacial score (nSPS) is 12.1. The van der Waals surface area contributed by atoms with Crippen molar-refractivity contribution in [2.45, 2.75) is 4.90 Å². The Morgan fingerprint density at radius 1 is 1.00 bits per heavy atom. The van der Waals surface area contributed by atoms with E-state index in [0.29, 0.717) is 18.2 Å². The monoisotopic (exact) mass is 311 g/mol. The number of nitrogens with zero attached hydrogens (tertiary/aromatic N) is 2. The van der Waals surface area contributed by atoms with Crippen molar-refractivity contribution in [1.82, 2.24) is 0 Å². The van der Waals surface area contributed by atoms with E-state index in [9.17, 15) is 37.1 Å². The van der Waals surface area contributed by atoms with E-state index in [1.54, 1.807) is 0 Å². The van der Waals surface area contributed by atoms with Crippen LogP contribution in [0.2, 0.25) is 0 Å². The largest absolute Gasteiger partial charge is 0.319 e. The Morgan fingerprint density at radius 3 is 1.89 bits per heavy atom. The van der Waals surface area contributed by atoms with Crippen LogP contribution in [-0.4, -0.2) is 26.7 Å². The van der Waals surface area contributed by atoms with Gasteiger partial charge in [-0.05, 0) is 6.07 Å². The first kappa shape index (κ1) is 14.9. The summed E-state index contributed by atoms with van der Waals surface area (Å²) in [5.74, 6) is 0. The van der Waals surface area contributed by atoms with Gasteiger partial charge in [-0.1, -0.05) is 0 Å². The molecule has 0 saturated heterocycles. The second-order valence-electron chi connectivity index (χ2n) is 3.11. The molecule has 0 aliphatic rings. The predicted molar refractivity (Wildman–Crippen MR) is 60.0 cm³/mol. The lowest BCUT2D eigenvalue weighted by atomic mass is 10.3. The average Bonchev–Trinajstić information content (AvgIpc) is 2.26. The van der Waals surface area contributed by atoms with Crippen LogP contribution < -0.4 is 5.14 Å². The molecule has 0 saturated carbocycles. The highest BCUT2D eigenvalue weighted by Gasteiger charge is 2.36. The maximum absolute atomic E-state index is 11.5. The summed E-state index contributed by atoms with van der Waals surface area (Å²) in [6.45, 7) is 0. The van der Waals surface area contributed by atoms with Crippen molar-refractivity contribution in [3.8, 4) is 0 Å². The van der Waals surface area contributed by atoms with E-state index in [2.05, 4.69) is 5.14 Å². The molecule has 0 amide bonds. The van der Waals surface area contributed by atoms with E-state index in [0.717, 1.165) is 0 Å². The van der Waals surface area contributed by atoms with Crippen molar-refractivity contribution in [3.63, 3.8) is 0 Å². The first-order valence-electron chi connectivity index (χ1n) is 4.19. The Hall–Kier alpha value is -2.12. The fourth-order valence-corrected chi connectivity index (χ4v) is 3.15.